The van der Waals surface area contributed by atoms with Crippen LogP contribution in [-0.4, -0.2) is 48.3 Å². The van der Waals surface area contributed by atoms with Gasteiger partial charge in [-0.2, -0.15) is 0 Å². The fourth-order valence-corrected chi connectivity index (χ4v) is 7.47. The second-order valence-electron chi connectivity index (χ2n) is 16.0. The van der Waals surface area contributed by atoms with E-state index in [1.54, 1.807) is 26.0 Å². The molecule has 0 spiro atoms. The second-order valence-corrected chi connectivity index (χ2v) is 16.0. The van der Waals surface area contributed by atoms with Crippen LogP contribution in [0.25, 0.3) is 0 Å². The number of ether oxygens (including phenoxy) is 4. The Bertz CT molecular complexity index is 1270. The molecule has 0 atom stereocenters. The predicted molar refractivity (Wildman–Crippen MR) is 168 cm³/mol. The highest BCUT2D eigenvalue weighted by atomic mass is 16.6. The predicted octanol–water partition coefficient (Wildman–Crippen LogP) is 7.14. The maximum Gasteiger partial charge on any atom is 0.338 e. The van der Waals surface area contributed by atoms with Gasteiger partial charge in [0.1, 0.15) is 24.4 Å². The molecule has 8 heteroatoms. The molecule has 0 amide bonds. The first-order valence-corrected chi connectivity index (χ1v) is 15.1. The van der Waals surface area contributed by atoms with Gasteiger partial charge in [-0.05, 0) is 43.0 Å². The molecule has 1 aromatic rings. The smallest absolute Gasteiger partial charge is 0.338 e. The molecule has 2 fully saturated rings. The van der Waals surface area contributed by atoms with E-state index in [4.69, 9.17) is 18.9 Å². The van der Waals surface area contributed by atoms with Gasteiger partial charge in [0.25, 0.3) is 0 Å². The first-order chi connectivity index (χ1) is 19.8. The molecule has 0 saturated heterocycles. The molecule has 0 radical (unpaired) electrons. The molecule has 0 heterocycles. The van der Waals surface area contributed by atoms with Crippen LogP contribution in [-0.2, 0) is 34.0 Å². The highest BCUT2D eigenvalue weighted by molar-refractivity contribution is 5.96. The third kappa shape index (κ3) is 6.09. The first-order valence-electron chi connectivity index (χ1n) is 15.1. The Morgan fingerprint density at radius 1 is 0.568 bits per heavy atom. The van der Waals surface area contributed by atoms with E-state index >= 15 is 0 Å². The van der Waals surface area contributed by atoms with Gasteiger partial charge >= 0.3 is 23.9 Å². The number of benzene rings is 1. The largest absolute Gasteiger partial charge is 0.458 e. The minimum Gasteiger partial charge on any atom is -0.458 e. The van der Waals surface area contributed by atoms with Crippen LogP contribution in [0.3, 0.4) is 0 Å². The second kappa shape index (κ2) is 11.2. The molecule has 0 bridgehead atoms. The van der Waals surface area contributed by atoms with Gasteiger partial charge in [0, 0.05) is 32.8 Å². The minimum atomic E-state index is -0.654. The molecule has 44 heavy (non-hydrogen) atoms. The van der Waals surface area contributed by atoms with Crippen molar-refractivity contribution in [2.24, 2.45) is 21.7 Å². The average molecular weight is 611 g/mol. The summed E-state index contributed by atoms with van der Waals surface area (Å²) in [6.07, 6.45) is -2.10. The Hall–Kier alpha value is -3.42. The van der Waals surface area contributed by atoms with Crippen molar-refractivity contribution in [2.75, 3.05) is 0 Å². The van der Waals surface area contributed by atoms with Crippen LogP contribution in [0.1, 0.15) is 116 Å². The lowest BCUT2D eigenvalue weighted by Gasteiger charge is -2.61. The van der Waals surface area contributed by atoms with E-state index in [0.717, 1.165) is 5.56 Å². The SMILES string of the molecule is C=C(C)C(=O)OC1C(C)(C)C(OC(=O)c2cc(C(=O)OC3C(C)(C)C(OC(=O)C(=C)C)C3(C)C)cc(C(C)(C)C)c2)C1(C)C. The lowest BCUT2D eigenvalue weighted by Crippen LogP contribution is -2.69. The molecular formula is C36H50O8. The van der Waals surface area contributed by atoms with Crippen LogP contribution in [0.2, 0.25) is 0 Å². The van der Waals surface area contributed by atoms with Crippen LogP contribution < -0.4 is 0 Å². The first kappa shape index (κ1) is 35.1. The Morgan fingerprint density at radius 3 is 1.09 bits per heavy atom. The van der Waals surface area contributed by atoms with Gasteiger partial charge in [-0.3, -0.25) is 0 Å². The Labute approximate surface area is 262 Å². The van der Waals surface area contributed by atoms with Gasteiger partial charge < -0.3 is 18.9 Å². The van der Waals surface area contributed by atoms with Gasteiger partial charge in [-0.25, -0.2) is 19.2 Å². The van der Waals surface area contributed by atoms with Crippen molar-refractivity contribution in [3.63, 3.8) is 0 Å². The van der Waals surface area contributed by atoms with E-state index in [1.807, 2.05) is 76.2 Å². The van der Waals surface area contributed by atoms with Crippen molar-refractivity contribution < 1.29 is 38.1 Å². The van der Waals surface area contributed by atoms with E-state index in [0.29, 0.717) is 11.1 Å². The van der Waals surface area contributed by atoms with Crippen molar-refractivity contribution in [3.05, 3.63) is 59.2 Å². The Morgan fingerprint density at radius 2 is 0.841 bits per heavy atom. The van der Waals surface area contributed by atoms with Crippen molar-refractivity contribution >= 4 is 23.9 Å². The van der Waals surface area contributed by atoms with Crippen molar-refractivity contribution in [1.29, 1.82) is 0 Å². The number of rotatable bonds is 8. The topological polar surface area (TPSA) is 105 Å². The van der Waals surface area contributed by atoms with Crippen LogP contribution in [0.5, 0.6) is 0 Å². The van der Waals surface area contributed by atoms with Gasteiger partial charge in [0.2, 0.25) is 0 Å². The Kier molecular flexibility index (Phi) is 8.91. The summed E-state index contributed by atoms with van der Waals surface area (Å²) in [4.78, 5) is 51.9. The van der Waals surface area contributed by atoms with Gasteiger partial charge in [0.15, 0.2) is 0 Å². The fraction of sp³-hybridized carbons (Fsp3) is 0.611. The van der Waals surface area contributed by atoms with Gasteiger partial charge in [-0.1, -0.05) is 89.3 Å². The minimum absolute atomic E-state index is 0.221. The summed E-state index contributed by atoms with van der Waals surface area (Å²) in [6.45, 7) is 31.6. The van der Waals surface area contributed by atoms with Crippen molar-refractivity contribution in [2.45, 2.75) is 120 Å². The van der Waals surface area contributed by atoms with Crippen LogP contribution in [0, 0.1) is 21.7 Å². The molecule has 2 saturated carbocycles. The molecule has 242 valence electrons. The molecule has 1 aromatic carbocycles. The number of carbonyl (C=O) groups is 4. The van der Waals surface area contributed by atoms with E-state index in [2.05, 4.69) is 13.2 Å². The third-order valence-corrected chi connectivity index (χ3v) is 9.27. The van der Waals surface area contributed by atoms with E-state index < -0.39 is 70.0 Å². The zero-order chi connectivity index (χ0) is 34.0. The summed E-state index contributed by atoms with van der Waals surface area (Å²) < 4.78 is 23.6. The van der Waals surface area contributed by atoms with Gasteiger partial charge in [0.05, 0.1) is 11.1 Å². The number of hydrogen-bond donors (Lipinski definition) is 0. The lowest BCUT2D eigenvalue weighted by molar-refractivity contribution is -0.256. The highest BCUT2D eigenvalue weighted by Gasteiger charge is 2.67. The Balaban J connectivity index is 1.88. The third-order valence-electron chi connectivity index (χ3n) is 9.27. The molecule has 0 aromatic heterocycles. The summed E-state index contributed by atoms with van der Waals surface area (Å²) >= 11 is 0. The number of hydrogen-bond acceptors (Lipinski definition) is 8. The van der Waals surface area contributed by atoms with Crippen LogP contribution in [0.4, 0.5) is 0 Å². The van der Waals surface area contributed by atoms with Gasteiger partial charge in [-0.15, -0.1) is 0 Å². The van der Waals surface area contributed by atoms with Crippen LogP contribution >= 0.6 is 0 Å². The van der Waals surface area contributed by atoms with Crippen LogP contribution in [0.15, 0.2) is 42.5 Å². The van der Waals surface area contributed by atoms with E-state index in [-0.39, 0.29) is 16.5 Å². The normalized spacial score (nSPS) is 25.8. The molecule has 8 nitrogen and oxygen atoms in total. The molecular weight excluding hydrogens is 560 g/mol. The monoisotopic (exact) mass is 610 g/mol. The molecule has 0 N–H and O–H groups in total. The molecule has 0 unspecified atom stereocenters. The maximum atomic E-state index is 13.7. The summed E-state index contributed by atoms with van der Waals surface area (Å²) in [5.74, 6) is -2.14. The number of esters is 4. The molecule has 3 rings (SSSR count). The highest BCUT2D eigenvalue weighted by Crippen LogP contribution is 2.58. The van der Waals surface area contributed by atoms with E-state index in [1.165, 1.54) is 6.07 Å². The fourth-order valence-electron chi connectivity index (χ4n) is 7.47. The van der Waals surface area contributed by atoms with E-state index in [9.17, 15) is 19.2 Å². The zero-order valence-electron chi connectivity index (χ0n) is 28.7. The molecule has 0 aliphatic heterocycles. The molecule has 2 aliphatic rings. The summed E-state index contributed by atoms with van der Waals surface area (Å²) in [5, 5.41) is 0. The molecule has 2 aliphatic carbocycles. The summed E-state index contributed by atoms with van der Waals surface area (Å²) in [6, 6.07) is 4.97. The average Bonchev–Trinajstić information content (AvgIpc) is 2.89. The summed E-state index contributed by atoms with van der Waals surface area (Å²) in [7, 11) is 0. The summed E-state index contributed by atoms with van der Waals surface area (Å²) in [5.41, 5.74) is -1.20. The maximum absolute atomic E-state index is 13.7. The van der Waals surface area contributed by atoms with Crippen molar-refractivity contribution in [3.8, 4) is 0 Å². The number of carbonyl (C=O) groups excluding carboxylic acids is 4. The quantitative estimate of drug-likeness (QED) is 0.174. The zero-order valence-corrected chi connectivity index (χ0v) is 28.7. The standard InChI is InChI=1S/C36H50O8/c1-19(2)24(37)41-28-33(8,9)30(34(28,10)11)43-26(39)21-16-22(18-23(17-21)32(5,6)7)27(40)44-31-35(12,13)29(36(31,14)15)42-25(38)20(3)4/h16-18,28-31H,1,3H2,2,4-15H3. The van der Waals surface area contributed by atoms with Crippen molar-refractivity contribution in [1.82, 2.24) is 0 Å². The lowest BCUT2D eigenvalue weighted by atomic mass is 9.51.